The first-order chi connectivity index (χ1) is 9.70. The molecular formula is C14H15BrN4O. The molecule has 0 saturated carbocycles. The zero-order chi connectivity index (χ0) is 14.1. The van der Waals surface area contributed by atoms with Crippen LogP contribution >= 0.6 is 15.9 Å². The minimum atomic E-state index is 0.00661. The number of fused-ring (bicyclic) bond motifs is 1. The number of benzene rings is 1. The van der Waals surface area contributed by atoms with Crippen LogP contribution in [0.2, 0.25) is 0 Å². The van der Waals surface area contributed by atoms with Gasteiger partial charge in [-0.3, -0.25) is 9.89 Å². The van der Waals surface area contributed by atoms with E-state index in [0.717, 1.165) is 47.2 Å². The number of anilines is 1. The Kier molecular flexibility index (Phi) is 3.48. The molecule has 1 fully saturated rings. The summed E-state index contributed by atoms with van der Waals surface area (Å²) in [6.45, 7) is 6.60. The van der Waals surface area contributed by atoms with Gasteiger partial charge in [-0.1, -0.05) is 22.5 Å². The number of rotatable bonds is 2. The molecule has 1 aromatic heterocycles. The van der Waals surface area contributed by atoms with Gasteiger partial charge in [-0.15, -0.1) is 0 Å². The lowest BCUT2D eigenvalue weighted by atomic mass is 10.2. The molecule has 0 radical (unpaired) electrons. The molecule has 1 aliphatic heterocycles. The average Bonchev–Trinajstić information content (AvgIpc) is 2.97. The fourth-order valence-corrected chi connectivity index (χ4v) is 2.98. The Balaban J connectivity index is 1.84. The summed E-state index contributed by atoms with van der Waals surface area (Å²) in [6.07, 6.45) is 3.20. The Bertz CT molecular complexity index is 658. The van der Waals surface area contributed by atoms with Crippen molar-refractivity contribution < 1.29 is 4.79 Å². The summed E-state index contributed by atoms with van der Waals surface area (Å²) in [6, 6.07) is 4.12. The van der Waals surface area contributed by atoms with Crippen LogP contribution in [0.25, 0.3) is 10.9 Å². The molecular weight excluding hydrogens is 320 g/mol. The van der Waals surface area contributed by atoms with Gasteiger partial charge in [-0.2, -0.15) is 5.10 Å². The summed E-state index contributed by atoms with van der Waals surface area (Å²) in [5.74, 6) is 0.00661. The molecule has 0 aliphatic carbocycles. The number of aromatic amines is 1. The summed E-state index contributed by atoms with van der Waals surface area (Å²) in [7, 11) is 0. The number of hydrogen-bond donors (Lipinski definition) is 1. The molecule has 20 heavy (non-hydrogen) atoms. The second kappa shape index (κ2) is 5.28. The average molecular weight is 335 g/mol. The number of nitrogens with one attached hydrogen (secondary N) is 1. The van der Waals surface area contributed by atoms with Crippen LogP contribution in [0.3, 0.4) is 0 Å². The molecule has 2 aromatic rings. The highest BCUT2D eigenvalue weighted by Crippen LogP contribution is 2.31. The number of piperazine rings is 1. The number of hydrogen-bond acceptors (Lipinski definition) is 3. The Morgan fingerprint density at radius 3 is 2.80 bits per heavy atom. The third-order valence-electron chi connectivity index (χ3n) is 3.65. The van der Waals surface area contributed by atoms with Gasteiger partial charge in [0, 0.05) is 36.0 Å². The number of H-pyrrole nitrogens is 1. The molecule has 0 spiro atoms. The lowest BCUT2D eigenvalue weighted by Gasteiger charge is -2.35. The van der Waals surface area contributed by atoms with Crippen molar-refractivity contribution in [2.75, 3.05) is 31.1 Å². The minimum absolute atomic E-state index is 0.00661. The normalized spacial score (nSPS) is 15.7. The van der Waals surface area contributed by atoms with Crippen LogP contribution in [0, 0.1) is 0 Å². The van der Waals surface area contributed by atoms with E-state index < -0.39 is 0 Å². The number of halogens is 1. The van der Waals surface area contributed by atoms with Gasteiger partial charge in [0.2, 0.25) is 5.91 Å². The summed E-state index contributed by atoms with van der Waals surface area (Å²) < 4.78 is 1.03. The topological polar surface area (TPSA) is 52.2 Å². The first kappa shape index (κ1) is 13.2. The fourth-order valence-electron chi connectivity index (χ4n) is 2.55. The van der Waals surface area contributed by atoms with Crippen LogP contribution in [-0.2, 0) is 4.79 Å². The number of aromatic nitrogens is 2. The van der Waals surface area contributed by atoms with Crippen molar-refractivity contribution in [1.29, 1.82) is 0 Å². The molecule has 0 unspecified atom stereocenters. The molecule has 0 atom stereocenters. The fraction of sp³-hybridized carbons (Fsp3) is 0.286. The second-order valence-electron chi connectivity index (χ2n) is 4.74. The molecule has 0 bridgehead atoms. The SMILES string of the molecule is C=CC(=O)N1CCN(c2ccc(Br)c3cn[nH]c23)CC1. The van der Waals surface area contributed by atoms with Crippen LogP contribution in [0.1, 0.15) is 0 Å². The first-order valence-corrected chi connectivity index (χ1v) is 7.28. The smallest absolute Gasteiger partial charge is 0.246 e. The monoisotopic (exact) mass is 334 g/mol. The van der Waals surface area contributed by atoms with Crippen molar-refractivity contribution >= 4 is 38.4 Å². The van der Waals surface area contributed by atoms with Crippen molar-refractivity contribution in [3.8, 4) is 0 Å². The molecule has 3 rings (SSSR count). The summed E-state index contributed by atoms with van der Waals surface area (Å²) in [4.78, 5) is 15.7. The Labute approximate surface area is 125 Å². The maximum absolute atomic E-state index is 11.6. The van der Waals surface area contributed by atoms with Crippen LogP contribution in [0.4, 0.5) is 5.69 Å². The molecule has 2 heterocycles. The summed E-state index contributed by atoms with van der Waals surface area (Å²) >= 11 is 3.53. The van der Waals surface area contributed by atoms with Crippen molar-refractivity contribution in [1.82, 2.24) is 15.1 Å². The maximum Gasteiger partial charge on any atom is 0.246 e. The van der Waals surface area contributed by atoms with Crippen LogP contribution in [0.5, 0.6) is 0 Å². The van der Waals surface area contributed by atoms with E-state index in [2.05, 4.69) is 43.7 Å². The number of amides is 1. The highest BCUT2D eigenvalue weighted by atomic mass is 79.9. The Morgan fingerprint density at radius 1 is 1.35 bits per heavy atom. The maximum atomic E-state index is 11.6. The van der Waals surface area contributed by atoms with E-state index in [0.29, 0.717) is 0 Å². The lowest BCUT2D eigenvalue weighted by molar-refractivity contribution is -0.126. The number of carbonyl (C=O) groups excluding carboxylic acids is 1. The Hall–Kier alpha value is -1.82. The third kappa shape index (κ3) is 2.20. The number of carbonyl (C=O) groups is 1. The van der Waals surface area contributed by atoms with Crippen LogP contribution < -0.4 is 4.90 Å². The van der Waals surface area contributed by atoms with Crippen LogP contribution in [-0.4, -0.2) is 47.2 Å². The molecule has 1 aliphatic rings. The standard InChI is InChI=1S/C14H15BrN4O/c1-2-13(20)19-7-5-18(6-8-19)12-4-3-11(15)10-9-16-17-14(10)12/h2-4,9H,1,5-8H2,(H,16,17). The molecule has 1 aromatic carbocycles. The van der Waals surface area contributed by atoms with E-state index in [4.69, 9.17) is 0 Å². The minimum Gasteiger partial charge on any atom is -0.366 e. The van der Waals surface area contributed by atoms with E-state index in [9.17, 15) is 4.79 Å². The zero-order valence-corrected chi connectivity index (χ0v) is 12.6. The molecule has 1 amide bonds. The van der Waals surface area contributed by atoms with Gasteiger partial charge in [-0.05, 0) is 18.2 Å². The predicted octanol–water partition coefficient (Wildman–Crippen LogP) is 2.16. The van der Waals surface area contributed by atoms with Crippen molar-refractivity contribution in [3.63, 3.8) is 0 Å². The third-order valence-corrected chi connectivity index (χ3v) is 4.34. The summed E-state index contributed by atoms with van der Waals surface area (Å²) in [5, 5.41) is 8.24. The summed E-state index contributed by atoms with van der Waals surface area (Å²) in [5.41, 5.74) is 2.16. The molecule has 6 heteroatoms. The molecule has 1 N–H and O–H groups in total. The van der Waals surface area contributed by atoms with Gasteiger partial charge >= 0.3 is 0 Å². The van der Waals surface area contributed by atoms with Gasteiger partial charge in [0.25, 0.3) is 0 Å². The van der Waals surface area contributed by atoms with E-state index in [1.54, 1.807) is 0 Å². The highest BCUT2D eigenvalue weighted by Gasteiger charge is 2.21. The van der Waals surface area contributed by atoms with Crippen molar-refractivity contribution in [3.05, 3.63) is 35.5 Å². The lowest BCUT2D eigenvalue weighted by Crippen LogP contribution is -2.48. The largest absolute Gasteiger partial charge is 0.366 e. The molecule has 5 nitrogen and oxygen atoms in total. The van der Waals surface area contributed by atoms with Crippen molar-refractivity contribution in [2.24, 2.45) is 0 Å². The van der Waals surface area contributed by atoms with E-state index in [1.807, 2.05) is 17.2 Å². The van der Waals surface area contributed by atoms with Gasteiger partial charge < -0.3 is 9.80 Å². The highest BCUT2D eigenvalue weighted by molar-refractivity contribution is 9.10. The molecule has 1 saturated heterocycles. The molecule has 104 valence electrons. The zero-order valence-electron chi connectivity index (χ0n) is 11.0. The number of nitrogens with zero attached hydrogens (tertiary/aromatic N) is 3. The van der Waals surface area contributed by atoms with E-state index in [1.165, 1.54) is 6.08 Å². The van der Waals surface area contributed by atoms with Gasteiger partial charge in [-0.25, -0.2) is 0 Å². The quantitative estimate of drug-likeness (QED) is 0.856. The Morgan fingerprint density at radius 2 is 2.10 bits per heavy atom. The predicted molar refractivity (Wildman–Crippen MR) is 82.8 cm³/mol. The van der Waals surface area contributed by atoms with Gasteiger partial charge in [0.15, 0.2) is 0 Å². The van der Waals surface area contributed by atoms with Crippen molar-refractivity contribution in [2.45, 2.75) is 0 Å². The second-order valence-corrected chi connectivity index (χ2v) is 5.60. The first-order valence-electron chi connectivity index (χ1n) is 6.48. The van der Waals surface area contributed by atoms with Crippen LogP contribution in [0.15, 0.2) is 35.5 Å². The van der Waals surface area contributed by atoms with Gasteiger partial charge in [0.1, 0.15) is 0 Å². The van der Waals surface area contributed by atoms with Gasteiger partial charge in [0.05, 0.1) is 17.4 Å². The van der Waals surface area contributed by atoms with E-state index >= 15 is 0 Å². The van der Waals surface area contributed by atoms with E-state index in [-0.39, 0.29) is 5.91 Å².